The number of nitrogens with one attached hydrogen (secondary N) is 2. The summed E-state index contributed by atoms with van der Waals surface area (Å²) in [4.78, 5) is 15.7. The maximum Gasteiger partial charge on any atom is 0.224 e. The van der Waals surface area contributed by atoms with Crippen molar-refractivity contribution in [2.75, 3.05) is 5.32 Å². The minimum Gasteiger partial charge on any atom is -0.361 e. The number of nitrogens with zero attached hydrogens (tertiary/aromatic N) is 4. The molecule has 0 spiro atoms. The molecule has 7 heteroatoms. The van der Waals surface area contributed by atoms with Gasteiger partial charge in [-0.25, -0.2) is 0 Å². The van der Waals surface area contributed by atoms with Crippen LogP contribution in [-0.2, 0) is 11.2 Å². The molecule has 0 unspecified atom stereocenters. The number of aromatic amines is 1. The largest absolute Gasteiger partial charge is 0.361 e. The van der Waals surface area contributed by atoms with E-state index in [0.717, 1.165) is 35.3 Å². The van der Waals surface area contributed by atoms with Crippen molar-refractivity contribution < 1.29 is 4.79 Å². The van der Waals surface area contributed by atoms with Crippen molar-refractivity contribution in [3.05, 3.63) is 65.6 Å². The van der Waals surface area contributed by atoms with Crippen LogP contribution in [-0.4, -0.2) is 31.1 Å². The zero-order valence-corrected chi connectivity index (χ0v) is 15.9. The van der Waals surface area contributed by atoms with Crippen LogP contribution in [0, 0.1) is 13.8 Å². The minimum absolute atomic E-state index is 0.00285. The lowest BCUT2D eigenvalue weighted by atomic mass is 10.1. The van der Waals surface area contributed by atoms with Gasteiger partial charge in [0.05, 0.1) is 5.69 Å². The molecule has 0 saturated heterocycles. The number of amides is 1. The standard InChI is InChI=1S/C21H22N6O/c1-14-10-11-17(12-20(14)27-15(2)24-25-26-27)23-21(28)9-5-6-16-13-22-19-8-4-3-7-18(16)19/h3-4,7-8,10-13,22H,5-6,9H2,1-2H3,(H,23,28). The summed E-state index contributed by atoms with van der Waals surface area (Å²) >= 11 is 0. The highest BCUT2D eigenvalue weighted by Gasteiger charge is 2.10. The number of hydrogen-bond acceptors (Lipinski definition) is 4. The van der Waals surface area contributed by atoms with Crippen LogP contribution < -0.4 is 5.32 Å². The molecule has 0 saturated carbocycles. The number of carbonyl (C=O) groups excluding carboxylic acids is 1. The smallest absolute Gasteiger partial charge is 0.224 e. The van der Waals surface area contributed by atoms with Gasteiger partial charge in [-0.1, -0.05) is 24.3 Å². The number of aryl methyl sites for hydroxylation is 3. The van der Waals surface area contributed by atoms with E-state index in [0.29, 0.717) is 12.2 Å². The highest BCUT2D eigenvalue weighted by atomic mass is 16.1. The fourth-order valence-corrected chi connectivity index (χ4v) is 3.37. The van der Waals surface area contributed by atoms with Crippen LogP contribution in [0.5, 0.6) is 0 Å². The van der Waals surface area contributed by atoms with E-state index >= 15 is 0 Å². The maximum absolute atomic E-state index is 12.4. The fraction of sp³-hybridized carbons (Fsp3) is 0.238. The number of rotatable bonds is 6. The van der Waals surface area contributed by atoms with E-state index in [1.165, 1.54) is 10.9 Å². The molecule has 0 aliphatic heterocycles. The van der Waals surface area contributed by atoms with Gasteiger partial charge in [-0.05, 0) is 66.4 Å². The second kappa shape index (κ2) is 7.64. The summed E-state index contributed by atoms with van der Waals surface area (Å²) in [5.41, 5.74) is 5.02. The zero-order valence-electron chi connectivity index (χ0n) is 15.9. The van der Waals surface area contributed by atoms with Crippen LogP contribution in [0.25, 0.3) is 16.6 Å². The van der Waals surface area contributed by atoms with Gasteiger partial charge in [0.25, 0.3) is 0 Å². The van der Waals surface area contributed by atoms with E-state index in [9.17, 15) is 4.79 Å². The van der Waals surface area contributed by atoms with Crippen LogP contribution in [0.3, 0.4) is 0 Å². The van der Waals surface area contributed by atoms with Crippen molar-refractivity contribution in [1.82, 2.24) is 25.2 Å². The lowest BCUT2D eigenvalue weighted by molar-refractivity contribution is -0.116. The van der Waals surface area contributed by atoms with E-state index in [1.54, 1.807) is 4.68 Å². The molecule has 0 aliphatic rings. The second-order valence-electron chi connectivity index (χ2n) is 6.90. The average molecular weight is 374 g/mol. The van der Waals surface area contributed by atoms with Gasteiger partial charge in [0, 0.05) is 29.2 Å². The molecule has 1 amide bonds. The van der Waals surface area contributed by atoms with Crippen molar-refractivity contribution in [1.29, 1.82) is 0 Å². The summed E-state index contributed by atoms with van der Waals surface area (Å²) in [6.45, 7) is 3.83. The first-order valence-corrected chi connectivity index (χ1v) is 9.32. The van der Waals surface area contributed by atoms with Gasteiger partial charge in [0.15, 0.2) is 5.82 Å². The molecule has 2 aromatic carbocycles. The lowest BCUT2D eigenvalue weighted by Gasteiger charge is -2.10. The van der Waals surface area contributed by atoms with E-state index < -0.39 is 0 Å². The van der Waals surface area contributed by atoms with Gasteiger partial charge in [0.1, 0.15) is 0 Å². The number of carbonyl (C=O) groups is 1. The first-order chi connectivity index (χ1) is 13.6. The molecule has 0 aliphatic carbocycles. The highest BCUT2D eigenvalue weighted by Crippen LogP contribution is 2.21. The van der Waals surface area contributed by atoms with Crippen molar-refractivity contribution in [2.24, 2.45) is 0 Å². The van der Waals surface area contributed by atoms with Crippen LogP contribution in [0.1, 0.15) is 29.8 Å². The Bertz CT molecular complexity index is 1130. The molecular formula is C21H22N6O. The van der Waals surface area contributed by atoms with Crippen molar-refractivity contribution in [3.63, 3.8) is 0 Å². The summed E-state index contributed by atoms with van der Waals surface area (Å²) in [7, 11) is 0. The highest BCUT2D eigenvalue weighted by molar-refractivity contribution is 5.91. The number of fused-ring (bicyclic) bond motifs is 1. The molecule has 4 aromatic rings. The van der Waals surface area contributed by atoms with Gasteiger partial charge < -0.3 is 10.3 Å². The predicted octanol–water partition coefficient (Wildman–Crippen LogP) is 3.72. The molecule has 28 heavy (non-hydrogen) atoms. The number of tetrazole rings is 1. The Morgan fingerprint density at radius 1 is 1.18 bits per heavy atom. The third-order valence-corrected chi connectivity index (χ3v) is 4.87. The lowest BCUT2D eigenvalue weighted by Crippen LogP contribution is -2.12. The molecule has 0 atom stereocenters. The molecule has 2 aromatic heterocycles. The van der Waals surface area contributed by atoms with Gasteiger partial charge in [-0.3, -0.25) is 4.79 Å². The number of benzene rings is 2. The van der Waals surface area contributed by atoms with E-state index in [4.69, 9.17) is 0 Å². The summed E-state index contributed by atoms with van der Waals surface area (Å²) < 4.78 is 1.67. The molecule has 0 bridgehead atoms. The van der Waals surface area contributed by atoms with Crippen molar-refractivity contribution in [2.45, 2.75) is 33.1 Å². The van der Waals surface area contributed by atoms with Gasteiger partial charge in [0.2, 0.25) is 5.91 Å². The average Bonchev–Trinajstić information content (AvgIpc) is 3.30. The van der Waals surface area contributed by atoms with Crippen LogP contribution in [0.4, 0.5) is 5.69 Å². The van der Waals surface area contributed by atoms with Crippen molar-refractivity contribution in [3.8, 4) is 5.69 Å². The summed E-state index contributed by atoms with van der Waals surface area (Å²) in [5, 5.41) is 15.8. The van der Waals surface area contributed by atoms with Gasteiger partial charge >= 0.3 is 0 Å². The Kier molecular flexibility index (Phi) is 4.89. The normalized spacial score (nSPS) is 11.1. The zero-order chi connectivity index (χ0) is 19.5. The molecule has 7 nitrogen and oxygen atoms in total. The minimum atomic E-state index is 0.00285. The molecule has 0 radical (unpaired) electrons. The van der Waals surface area contributed by atoms with Crippen LogP contribution in [0.15, 0.2) is 48.7 Å². The topological polar surface area (TPSA) is 88.5 Å². The van der Waals surface area contributed by atoms with Crippen molar-refractivity contribution >= 4 is 22.5 Å². The molecule has 4 rings (SSSR count). The Labute approximate surface area is 162 Å². The fourth-order valence-electron chi connectivity index (χ4n) is 3.37. The predicted molar refractivity (Wildman–Crippen MR) is 108 cm³/mol. The Morgan fingerprint density at radius 3 is 2.86 bits per heavy atom. The number of anilines is 1. The van der Waals surface area contributed by atoms with E-state index in [-0.39, 0.29) is 5.91 Å². The van der Waals surface area contributed by atoms with E-state index in [1.807, 2.05) is 50.4 Å². The quantitative estimate of drug-likeness (QED) is 0.538. The molecule has 0 fully saturated rings. The Hall–Kier alpha value is -3.48. The molecule has 2 heterocycles. The third-order valence-electron chi connectivity index (χ3n) is 4.87. The molecule has 2 N–H and O–H groups in total. The second-order valence-corrected chi connectivity index (χ2v) is 6.90. The van der Waals surface area contributed by atoms with Gasteiger partial charge in [-0.2, -0.15) is 4.68 Å². The Balaban J connectivity index is 1.38. The van der Waals surface area contributed by atoms with Crippen LogP contribution in [0.2, 0.25) is 0 Å². The van der Waals surface area contributed by atoms with E-state index in [2.05, 4.69) is 38.0 Å². The van der Waals surface area contributed by atoms with Gasteiger partial charge in [-0.15, -0.1) is 5.10 Å². The van der Waals surface area contributed by atoms with Crippen LogP contribution >= 0.6 is 0 Å². The Morgan fingerprint density at radius 2 is 2.04 bits per heavy atom. The first-order valence-electron chi connectivity index (χ1n) is 9.32. The number of H-pyrrole nitrogens is 1. The number of hydrogen-bond donors (Lipinski definition) is 2. The monoisotopic (exact) mass is 374 g/mol. The number of para-hydroxylation sites is 1. The number of aromatic nitrogens is 5. The molecular weight excluding hydrogens is 352 g/mol. The maximum atomic E-state index is 12.4. The summed E-state index contributed by atoms with van der Waals surface area (Å²) in [6, 6.07) is 14.0. The summed E-state index contributed by atoms with van der Waals surface area (Å²) in [5.74, 6) is 0.702. The third kappa shape index (κ3) is 3.64. The summed E-state index contributed by atoms with van der Waals surface area (Å²) in [6.07, 6.45) is 4.15. The SMILES string of the molecule is Cc1ccc(NC(=O)CCCc2c[nH]c3ccccc23)cc1-n1nnnc1C. The molecule has 142 valence electrons. The first kappa shape index (κ1) is 17.9.